The summed E-state index contributed by atoms with van der Waals surface area (Å²) in [5.74, 6) is -0.580. The number of alkyl carbamates (subject to hydrolysis) is 1. The van der Waals surface area contributed by atoms with Crippen molar-refractivity contribution < 1.29 is 28.6 Å². The molecular weight excluding hydrogens is 462 g/mol. The van der Waals surface area contributed by atoms with Crippen molar-refractivity contribution >= 4 is 24.0 Å². The molecule has 2 amide bonds. The number of carbonyl (C=O) groups is 3. The molecule has 1 saturated heterocycles. The van der Waals surface area contributed by atoms with Crippen LogP contribution in [0, 0.1) is 5.41 Å². The van der Waals surface area contributed by atoms with Crippen molar-refractivity contribution in [2.75, 3.05) is 20.3 Å². The molecule has 9 heteroatoms. The van der Waals surface area contributed by atoms with Crippen molar-refractivity contribution in [3.63, 3.8) is 0 Å². The highest BCUT2D eigenvalue weighted by molar-refractivity contribution is 5.91. The molecule has 0 bridgehead atoms. The lowest BCUT2D eigenvalue weighted by Gasteiger charge is -2.34. The first-order valence-corrected chi connectivity index (χ1v) is 12.3. The van der Waals surface area contributed by atoms with Gasteiger partial charge in [0.25, 0.3) is 0 Å². The molecule has 3 atom stereocenters. The topological polar surface area (TPSA) is 107 Å². The summed E-state index contributed by atoms with van der Waals surface area (Å²) in [6, 6.07) is 1.81. The summed E-state index contributed by atoms with van der Waals surface area (Å²) in [4.78, 5) is 44.4. The summed E-state index contributed by atoms with van der Waals surface area (Å²) in [7, 11) is 1.28. The standard InChI is InChI=1S/C27H39N3O6/c1-7-9-10-11-12-16-35-26(33)29-22(27(3,4)5)24(31)30-18-20(17-21(30)25(32)34-6)36-23-19(8-2)14-13-15-28-23/h7-8,13-15,20-22H,1-2,9-12,16-18H2,3-6H3,(H,29,33)/t20-,21+,22-/m1/s1. The highest BCUT2D eigenvalue weighted by Gasteiger charge is 2.46. The molecule has 9 nitrogen and oxygen atoms in total. The fourth-order valence-corrected chi connectivity index (χ4v) is 4.01. The zero-order valence-electron chi connectivity index (χ0n) is 21.8. The fourth-order valence-electron chi connectivity index (χ4n) is 4.01. The Bertz CT molecular complexity index is 926. The molecule has 2 rings (SSSR count). The van der Waals surface area contributed by atoms with Crippen molar-refractivity contribution in [1.82, 2.24) is 15.2 Å². The molecule has 0 aliphatic carbocycles. The zero-order chi connectivity index (χ0) is 26.7. The van der Waals surface area contributed by atoms with Crippen LogP contribution in [0.25, 0.3) is 6.08 Å². The molecule has 1 aromatic rings. The molecule has 198 valence electrons. The summed E-state index contributed by atoms with van der Waals surface area (Å²) < 4.78 is 16.3. The van der Waals surface area contributed by atoms with Gasteiger partial charge in [-0.2, -0.15) is 0 Å². The van der Waals surface area contributed by atoms with Crippen LogP contribution >= 0.6 is 0 Å². The van der Waals surface area contributed by atoms with Crippen molar-refractivity contribution in [3.8, 4) is 5.88 Å². The first-order valence-electron chi connectivity index (χ1n) is 12.3. The van der Waals surface area contributed by atoms with E-state index >= 15 is 0 Å². The van der Waals surface area contributed by atoms with Gasteiger partial charge in [-0.25, -0.2) is 14.6 Å². The first-order chi connectivity index (χ1) is 17.1. The molecular formula is C27H39N3O6. The third-order valence-electron chi connectivity index (χ3n) is 5.98. The maximum atomic E-state index is 13.7. The number of hydrogen-bond acceptors (Lipinski definition) is 7. The van der Waals surface area contributed by atoms with Gasteiger partial charge in [-0.1, -0.05) is 39.5 Å². The average Bonchev–Trinajstić information content (AvgIpc) is 3.27. The monoisotopic (exact) mass is 501 g/mol. The number of methoxy groups -OCH3 is 1. The minimum absolute atomic E-state index is 0.137. The maximum absolute atomic E-state index is 13.7. The summed E-state index contributed by atoms with van der Waals surface area (Å²) >= 11 is 0. The molecule has 0 unspecified atom stereocenters. The number of carbonyl (C=O) groups excluding carboxylic acids is 3. The molecule has 0 radical (unpaired) electrons. The van der Waals surface area contributed by atoms with Crippen LogP contribution in [0.5, 0.6) is 5.88 Å². The summed E-state index contributed by atoms with van der Waals surface area (Å²) in [6.07, 6.45) is 7.71. The first kappa shape index (κ1) is 28.9. The Morgan fingerprint density at radius 1 is 1.25 bits per heavy atom. The van der Waals surface area contributed by atoms with Crippen LogP contribution in [0.4, 0.5) is 4.79 Å². The van der Waals surface area contributed by atoms with Crippen molar-refractivity contribution in [3.05, 3.63) is 43.1 Å². The van der Waals surface area contributed by atoms with E-state index in [2.05, 4.69) is 23.5 Å². The largest absolute Gasteiger partial charge is 0.472 e. The van der Waals surface area contributed by atoms with Gasteiger partial charge in [-0.3, -0.25) is 4.79 Å². The van der Waals surface area contributed by atoms with Gasteiger partial charge in [-0.15, -0.1) is 6.58 Å². The molecule has 36 heavy (non-hydrogen) atoms. The number of amides is 2. The second-order valence-electron chi connectivity index (χ2n) is 9.82. The van der Waals surface area contributed by atoms with Gasteiger partial charge < -0.3 is 24.4 Å². The maximum Gasteiger partial charge on any atom is 0.407 e. The van der Waals surface area contributed by atoms with E-state index < -0.39 is 41.6 Å². The average molecular weight is 502 g/mol. The van der Waals surface area contributed by atoms with Gasteiger partial charge in [0.2, 0.25) is 11.8 Å². The molecule has 1 N–H and O–H groups in total. The van der Waals surface area contributed by atoms with E-state index in [1.165, 1.54) is 12.0 Å². The highest BCUT2D eigenvalue weighted by Crippen LogP contribution is 2.29. The fraction of sp³-hybridized carbons (Fsp3) is 0.556. The van der Waals surface area contributed by atoms with E-state index in [0.29, 0.717) is 11.4 Å². The van der Waals surface area contributed by atoms with Gasteiger partial charge in [0.1, 0.15) is 18.2 Å². The molecule has 1 fully saturated rings. The quantitative estimate of drug-likeness (QED) is 0.261. The molecule has 0 spiro atoms. The Morgan fingerprint density at radius 3 is 2.64 bits per heavy atom. The number of aromatic nitrogens is 1. The number of esters is 1. The SMILES string of the molecule is C=CCCCCCOC(=O)N[C@H](C(=O)N1C[C@H](Oc2ncccc2C=C)C[C@H]1C(=O)OC)C(C)(C)C. The van der Waals surface area contributed by atoms with Crippen molar-refractivity contribution in [2.24, 2.45) is 5.41 Å². The zero-order valence-corrected chi connectivity index (χ0v) is 21.8. The Labute approximate surface area is 213 Å². The number of hydrogen-bond donors (Lipinski definition) is 1. The van der Waals surface area contributed by atoms with E-state index in [1.54, 1.807) is 18.3 Å². The van der Waals surface area contributed by atoms with Gasteiger partial charge in [0.05, 0.1) is 20.3 Å². The number of likely N-dealkylation sites (tertiary alicyclic amines) is 1. The van der Waals surface area contributed by atoms with Crippen LogP contribution in [0.15, 0.2) is 37.6 Å². The Kier molecular flexibility index (Phi) is 11.0. The summed E-state index contributed by atoms with van der Waals surface area (Å²) in [5.41, 5.74) is 0.0646. The minimum atomic E-state index is -0.921. The van der Waals surface area contributed by atoms with E-state index in [9.17, 15) is 14.4 Å². The van der Waals surface area contributed by atoms with E-state index in [4.69, 9.17) is 14.2 Å². The molecule has 1 aliphatic heterocycles. The normalized spacial score (nSPS) is 18.2. The second kappa shape index (κ2) is 13.7. The van der Waals surface area contributed by atoms with Crippen LogP contribution in [0.2, 0.25) is 0 Å². The lowest BCUT2D eigenvalue weighted by molar-refractivity contribution is -0.152. The lowest BCUT2D eigenvalue weighted by atomic mass is 9.85. The van der Waals surface area contributed by atoms with Crippen LogP contribution in [0.1, 0.15) is 58.4 Å². The van der Waals surface area contributed by atoms with Crippen LogP contribution in [-0.2, 0) is 19.1 Å². The number of unbranched alkanes of at least 4 members (excludes halogenated alkanes) is 3. The Morgan fingerprint density at radius 2 is 2.00 bits per heavy atom. The summed E-state index contributed by atoms with van der Waals surface area (Å²) in [5, 5.41) is 2.71. The number of ether oxygens (including phenoxy) is 3. The van der Waals surface area contributed by atoms with E-state index in [-0.39, 0.29) is 19.6 Å². The Balaban J connectivity index is 2.12. The van der Waals surface area contributed by atoms with Gasteiger partial charge in [0, 0.05) is 18.2 Å². The van der Waals surface area contributed by atoms with E-state index in [0.717, 1.165) is 25.7 Å². The molecule has 0 aromatic carbocycles. The number of allylic oxidation sites excluding steroid dienone is 1. The predicted octanol–water partition coefficient (Wildman–Crippen LogP) is 4.13. The molecule has 0 saturated carbocycles. The summed E-state index contributed by atoms with van der Waals surface area (Å²) in [6.45, 7) is 13.4. The minimum Gasteiger partial charge on any atom is -0.472 e. The lowest BCUT2D eigenvalue weighted by Crippen LogP contribution is -2.57. The Hall–Kier alpha value is -3.36. The van der Waals surface area contributed by atoms with Crippen LogP contribution in [-0.4, -0.2) is 66.3 Å². The van der Waals surface area contributed by atoms with Gasteiger partial charge in [0.15, 0.2) is 0 Å². The van der Waals surface area contributed by atoms with Crippen molar-refractivity contribution in [2.45, 2.75) is 71.1 Å². The smallest absolute Gasteiger partial charge is 0.407 e. The van der Waals surface area contributed by atoms with Gasteiger partial charge in [-0.05, 0) is 43.2 Å². The second-order valence-corrected chi connectivity index (χ2v) is 9.82. The molecule has 1 aromatic heterocycles. The van der Waals surface area contributed by atoms with Crippen molar-refractivity contribution in [1.29, 1.82) is 0 Å². The third kappa shape index (κ3) is 8.10. The van der Waals surface area contributed by atoms with Crippen LogP contribution in [0.3, 0.4) is 0 Å². The highest BCUT2D eigenvalue weighted by atomic mass is 16.5. The predicted molar refractivity (Wildman–Crippen MR) is 137 cm³/mol. The number of rotatable bonds is 12. The van der Waals surface area contributed by atoms with Gasteiger partial charge >= 0.3 is 12.1 Å². The van der Waals surface area contributed by atoms with E-state index in [1.807, 2.05) is 32.9 Å². The number of nitrogens with zero attached hydrogens (tertiary/aromatic N) is 2. The molecule has 2 heterocycles. The number of nitrogens with one attached hydrogen (secondary N) is 1. The third-order valence-corrected chi connectivity index (χ3v) is 5.98. The van der Waals surface area contributed by atoms with Crippen LogP contribution < -0.4 is 10.1 Å². The molecule has 1 aliphatic rings. The number of pyridine rings is 1.